The van der Waals surface area contributed by atoms with E-state index in [4.69, 9.17) is 15.4 Å². The van der Waals surface area contributed by atoms with E-state index >= 15 is 0 Å². The highest BCUT2D eigenvalue weighted by molar-refractivity contribution is 5.88. The van der Waals surface area contributed by atoms with Crippen LogP contribution in [0.2, 0.25) is 0 Å². The third-order valence-corrected chi connectivity index (χ3v) is 3.36. The summed E-state index contributed by atoms with van der Waals surface area (Å²) in [6.45, 7) is 0.429. The van der Waals surface area contributed by atoms with Gasteiger partial charge in [-0.05, 0) is 35.2 Å². The molecule has 8 nitrogen and oxygen atoms in total. The minimum Gasteiger partial charge on any atom is -0.478 e. The van der Waals surface area contributed by atoms with Gasteiger partial charge in [-0.3, -0.25) is 0 Å². The van der Waals surface area contributed by atoms with Crippen LogP contribution < -0.4 is 5.32 Å². The lowest BCUT2D eigenvalue weighted by atomic mass is 10.1. The molecule has 0 fully saturated rings. The van der Waals surface area contributed by atoms with E-state index in [-0.39, 0.29) is 24.4 Å². The fraction of sp³-hybridized carbons (Fsp3) is 0.176. The van der Waals surface area contributed by atoms with Crippen molar-refractivity contribution in [3.63, 3.8) is 0 Å². The highest BCUT2D eigenvalue weighted by Crippen LogP contribution is 2.22. The zero-order chi connectivity index (χ0) is 18.1. The Labute approximate surface area is 143 Å². The lowest BCUT2D eigenvalue weighted by Gasteiger charge is -2.09. The third-order valence-electron chi connectivity index (χ3n) is 3.36. The number of hydrogen-bond acceptors (Lipinski definition) is 4. The smallest absolute Gasteiger partial charge is 0.407 e. The van der Waals surface area contributed by atoms with E-state index in [1.54, 1.807) is 6.07 Å². The van der Waals surface area contributed by atoms with E-state index < -0.39 is 12.1 Å². The molecule has 8 heteroatoms. The van der Waals surface area contributed by atoms with E-state index in [1.807, 2.05) is 30.3 Å². The average Bonchev–Trinajstić information content (AvgIpc) is 2.62. The van der Waals surface area contributed by atoms with Crippen LogP contribution in [-0.2, 0) is 17.8 Å². The van der Waals surface area contributed by atoms with Crippen molar-refractivity contribution < 1.29 is 19.4 Å². The highest BCUT2D eigenvalue weighted by atomic mass is 16.5. The van der Waals surface area contributed by atoms with Gasteiger partial charge in [0.25, 0.3) is 0 Å². The van der Waals surface area contributed by atoms with Gasteiger partial charge in [0, 0.05) is 17.1 Å². The molecule has 0 aromatic heterocycles. The second-order valence-corrected chi connectivity index (χ2v) is 5.08. The molecule has 2 aromatic rings. The fourth-order valence-corrected chi connectivity index (χ4v) is 2.12. The number of amides is 1. The third kappa shape index (κ3) is 5.56. The van der Waals surface area contributed by atoms with Crippen LogP contribution in [-0.4, -0.2) is 23.7 Å². The first-order chi connectivity index (χ1) is 12.1. The number of carboxylic acids is 1. The molecule has 2 rings (SSSR count). The van der Waals surface area contributed by atoms with Crippen LogP contribution in [0.1, 0.15) is 21.5 Å². The van der Waals surface area contributed by atoms with E-state index in [0.717, 1.165) is 5.56 Å². The monoisotopic (exact) mass is 340 g/mol. The number of nitrogens with zero attached hydrogens (tertiary/aromatic N) is 3. The van der Waals surface area contributed by atoms with Gasteiger partial charge in [0.05, 0.1) is 5.56 Å². The number of nitrogens with one attached hydrogen (secondary N) is 1. The predicted octanol–water partition coefficient (Wildman–Crippen LogP) is 3.80. The van der Waals surface area contributed by atoms with Gasteiger partial charge in [-0.2, -0.15) is 0 Å². The Morgan fingerprint density at radius 2 is 1.96 bits per heavy atom. The summed E-state index contributed by atoms with van der Waals surface area (Å²) in [6, 6.07) is 13.6. The molecule has 0 unspecified atom stereocenters. The van der Waals surface area contributed by atoms with Crippen molar-refractivity contribution in [2.75, 3.05) is 6.54 Å². The average molecular weight is 340 g/mol. The molecule has 128 valence electrons. The van der Waals surface area contributed by atoms with Crippen molar-refractivity contribution >= 4 is 17.7 Å². The van der Waals surface area contributed by atoms with Crippen LogP contribution in [0.4, 0.5) is 10.5 Å². The fourth-order valence-electron chi connectivity index (χ4n) is 2.12. The zero-order valence-corrected chi connectivity index (χ0v) is 13.3. The van der Waals surface area contributed by atoms with Gasteiger partial charge in [0.15, 0.2) is 0 Å². The standard InChI is InChI=1S/C17H16N4O4/c18-21-20-15-10-14(16(22)23)7-6-13(15)8-9-19-17(24)25-11-12-4-2-1-3-5-12/h1-7,10H,8-9,11H2,(H,19,24)(H,22,23). The van der Waals surface area contributed by atoms with Gasteiger partial charge in [-0.25, -0.2) is 9.59 Å². The van der Waals surface area contributed by atoms with Gasteiger partial charge in [0.2, 0.25) is 0 Å². The summed E-state index contributed by atoms with van der Waals surface area (Å²) in [5.41, 5.74) is 10.4. The molecular weight excluding hydrogens is 324 g/mol. The normalized spacial score (nSPS) is 9.76. The Hall–Kier alpha value is -3.51. The van der Waals surface area contributed by atoms with Crippen molar-refractivity contribution in [2.24, 2.45) is 5.11 Å². The van der Waals surface area contributed by atoms with Crippen LogP contribution in [0, 0.1) is 0 Å². The topological polar surface area (TPSA) is 124 Å². The van der Waals surface area contributed by atoms with Gasteiger partial charge in [0.1, 0.15) is 6.61 Å². The first-order valence-electron chi connectivity index (χ1n) is 7.46. The maximum absolute atomic E-state index is 11.7. The van der Waals surface area contributed by atoms with E-state index in [9.17, 15) is 9.59 Å². The van der Waals surface area contributed by atoms with Gasteiger partial charge < -0.3 is 15.2 Å². The van der Waals surface area contributed by atoms with Crippen LogP contribution in [0.3, 0.4) is 0 Å². The highest BCUT2D eigenvalue weighted by Gasteiger charge is 2.08. The molecule has 0 bridgehead atoms. The largest absolute Gasteiger partial charge is 0.478 e. The quantitative estimate of drug-likeness (QED) is 0.452. The summed E-state index contributed by atoms with van der Waals surface area (Å²) < 4.78 is 5.08. The Bertz CT molecular complexity index is 802. The number of carbonyl (C=O) groups excluding carboxylic acids is 1. The Morgan fingerprint density at radius 3 is 2.64 bits per heavy atom. The SMILES string of the molecule is [N-]=[N+]=Nc1cc(C(=O)O)ccc1CCNC(=O)OCc1ccccc1. The van der Waals surface area contributed by atoms with E-state index in [0.29, 0.717) is 12.0 Å². The summed E-state index contributed by atoms with van der Waals surface area (Å²) in [5, 5.41) is 15.1. The Balaban J connectivity index is 1.87. The summed E-state index contributed by atoms with van der Waals surface area (Å²) in [5.74, 6) is -1.11. The maximum atomic E-state index is 11.7. The van der Waals surface area contributed by atoms with Crippen LogP contribution in [0.15, 0.2) is 53.6 Å². The molecule has 0 aliphatic heterocycles. The lowest BCUT2D eigenvalue weighted by molar-refractivity contribution is 0.0697. The van der Waals surface area contributed by atoms with E-state index in [2.05, 4.69) is 15.3 Å². The number of alkyl carbamates (subject to hydrolysis) is 1. The molecule has 0 aliphatic rings. The second-order valence-electron chi connectivity index (χ2n) is 5.08. The summed E-state index contributed by atoms with van der Waals surface area (Å²) in [6.07, 6.45) is -0.189. The first-order valence-corrected chi connectivity index (χ1v) is 7.46. The molecule has 0 heterocycles. The Kier molecular flexibility index (Phi) is 6.39. The van der Waals surface area contributed by atoms with Crippen molar-refractivity contribution in [1.29, 1.82) is 0 Å². The van der Waals surface area contributed by atoms with Crippen LogP contribution in [0.25, 0.3) is 10.4 Å². The maximum Gasteiger partial charge on any atom is 0.407 e. The summed E-state index contributed by atoms with van der Waals surface area (Å²) >= 11 is 0. The Morgan fingerprint density at radius 1 is 1.20 bits per heavy atom. The van der Waals surface area contributed by atoms with Gasteiger partial charge in [-0.1, -0.05) is 41.5 Å². The molecule has 1 amide bonds. The molecule has 2 N–H and O–H groups in total. The number of carboxylic acid groups (broad SMARTS) is 1. The minimum absolute atomic E-state index is 0.0291. The molecule has 0 spiro atoms. The molecule has 0 saturated heterocycles. The predicted molar refractivity (Wildman–Crippen MR) is 90.5 cm³/mol. The number of azide groups is 1. The lowest BCUT2D eigenvalue weighted by Crippen LogP contribution is -2.26. The number of rotatable bonds is 7. The van der Waals surface area contributed by atoms with Gasteiger partial charge >= 0.3 is 12.1 Å². The van der Waals surface area contributed by atoms with Crippen LogP contribution in [0.5, 0.6) is 0 Å². The summed E-state index contributed by atoms with van der Waals surface area (Å²) in [4.78, 5) is 25.3. The number of ether oxygens (including phenoxy) is 1. The summed E-state index contributed by atoms with van der Waals surface area (Å²) in [7, 11) is 0. The number of carbonyl (C=O) groups is 2. The molecule has 0 saturated carbocycles. The second kappa shape index (κ2) is 8.95. The molecule has 0 aliphatic carbocycles. The van der Waals surface area contributed by atoms with Crippen LogP contribution >= 0.6 is 0 Å². The molecule has 0 radical (unpaired) electrons. The van der Waals surface area contributed by atoms with E-state index in [1.165, 1.54) is 12.1 Å². The number of benzene rings is 2. The molecule has 2 aromatic carbocycles. The minimum atomic E-state index is -1.11. The molecule has 0 atom stereocenters. The van der Waals surface area contributed by atoms with Crippen molar-refractivity contribution in [2.45, 2.75) is 13.0 Å². The van der Waals surface area contributed by atoms with Crippen molar-refractivity contribution in [1.82, 2.24) is 5.32 Å². The number of aromatic carboxylic acids is 1. The molecular formula is C17H16N4O4. The number of hydrogen-bond donors (Lipinski definition) is 2. The van der Waals surface area contributed by atoms with Gasteiger partial charge in [-0.15, -0.1) is 0 Å². The van der Waals surface area contributed by atoms with Crippen molar-refractivity contribution in [3.05, 3.63) is 75.7 Å². The van der Waals surface area contributed by atoms with Crippen molar-refractivity contribution in [3.8, 4) is 0 Å². The zero-order valence-electron chi connectivity index (χ0n) is 13.3. The first kappa shape index (κ1) is 17.8. The molecule has 25 heavy (non-hydrogen) atoms.